The highest BCUT2D eigenvalue weighted by Crippen LogP contribution is 2.47. The second-order valence-corrected chi connectivity index (χ2v) is 29.0. The Hall–Kier alpha value is -9.53. The summed E-state index contributed by atoms with van der Waals surface area (Å²) in [6, 6.07) is 73.0. The molecular formula is C79H68BN7. The molecular weight excluding hydrogens is 1060 g/mol. The molecule has 0 amide bonds. The van der Waals surface area contributed by atoms with Gasteiger partial charge in [-0.3, -0.25) is 4.57 Å². The molecule has 15 aromatic rings. The molecule has 0 aliphatic carbocycles. The van der Waals surface area contributed by atoms with E-state index in [2.05, 4.69) is 283 Å². The molecule has 5 aromatic heterocycles. The van der Waals surface area contributed by atoms with Crippen LogP contribution in [0.1, 0.15) is 105 Å². The molecule has 0 saturated heterocycles. The van der Waals surface area contributed by atoms with E-state index in [-0.39, 0.29) is 28.4 Å². The van der Waals surface area contributed by atoms with Gasteiger partial charge in [-0.05, 0) is 121 Å². The van der Waals surface area contributed by atoms with Crippen molar-refractivity contribution in [2.75, 3.05) is 0 Å². The quantitative estimate of drug-likeness (QED) is 0.165. The first kappa shape index (κ1) is 51.9. The molecule has 2 aliphatic heterocycles. The minimum atomic E-state index is -0.110. The first-order chi connectivity index (χ1) is 41.7. The molecule has 422 valence electrons. The Kier molecular flexibility index (Phi) is 10.5. The number of hydrogen-bond acceptors (Lipinski definition) is 3. The predicted octanol–water partition coefficient (Wildman–Crippen LogP) is 17.9. The summed E-state index contributed by atoms with van der Waals surface area (Å²) in [5.41, 5.74) is 23.8. The molecule has 17 rings (SSSR count). The van der Waals surface area contributed by atoms with Crippen molar-refractivity contribution in [3.8, 4) is 45.8 Å². The predicted molar refractivity (Wildman–Crippen MR) is 368 cm³/mol. The second kappa shape index (κ2) is 17.6. The van der Waals surface area contributed by atoms with Gasteiger partial charge in [0.1, 0.15) is 0 Å². The molecule has 7 heterocycles. The van der Waals surface area contributed by atoms with Gasteiger partial charge in [-0.2, -0.15) is 9.97 Å². The average molecular weight is 1130 g/mol. The summed E-state index contributed by atoms with van der Waals surface area (Å²) in [5.74, 6) is 1.79. The van der Waals surface area contributed by atoms with E-state index in [1.807, 2.05) is 12.1 Å². The minimum absolute atomic E-state index is 0.0503. The third-order valence-electron chi connectivity index (χ3n) is 19.4. The van der Waals surface area contributed by atoms with Gasteiger partial charge in [-0.1, -0.05) is 217 Å². The Morgan fingerprint density at radius 2 is 0.690 bits per heavy atom. The van der Waals surface area contributed by atoms with Gasteiger partial charge in [-0.25, -0.2) is 4.98 Å². The smallest absolute Gasteiger partial charge is 0.252 e. The molecule has 8 heteroatoms. The topological polar surface area (TPSA) is 58.4 Å². The van der Waals surface area contributed by atoms with Crippen molar-refractivity contribution >= 4 is 110 Å². The minimum Gasteiger partial charge on any atom is -0.310 e. The van der Waals surface area contributed by atoms with Crippen LogP contribution < -0.4 is 16.4 Å². The standard InChI is InChI=1S/C79H68BN7/c1-76(2,3)47-31-35-64-56(37-47)58-39-49(78(7,8)9)41-60-69(58)85(64)66-43-51(44-67-68(66)80(60)61-42-50(79(10,11)12)40-59-57-38-48(77(4,5)6)32-36-65(57)86(67)70(59)61)84-62-29-21-19-27-52(62)54-33-34-55-53-28-20-22-30-63(53)87(72(55)71(54)84)75-82-73(45-23-15-13-16-24-45)81-74(83-75)46-25-17-14-18-26-46/h13-44H,1-12H3. The fraction of sp³-hybridized carbons (Fsp3) is 0.203. The van der Waals surface area contributed by atoms with Crippen LogP contribution in [0.25, 0.3) is 133 Å². The number of nitrogens with zero attached hydrogens (tertiary/aromatic N) is 7. The largest absolute Gasteiger partial charge is 0.310 e. The van der Waals surface area contributed by atoms with Crippen LogP contribution >= 0.6 is 0 Å². The summed E-state index contributed by atoms with van der Waals surface area (Å²) in [6.07, 6.45) is 0. The zero-order valence-electron chi connectivity index (χ0n) is 51.7. The van der Waals surface area contributed by atoms with Crippen LogP contribution in [0.5, 0.6) is 0 Å². The summed E-state index contributed by atoms with van der Waals surface area (Å²) in [7, 11) is 0. The van der Waals surface area contributed by atoms with Gasteiger partial charge in [0.15, 0.2) is 11.6 Å². The molecule has 0 N–H and O–H groups in total. The zero-order valence-corrected chi connectivity index (χ0v) is 51.7. The lowest BCUT2D eigenvalue weighted by molar-refractivity contribution is 0.590. The summed E-state index contributed by atoms with van der Waals surface area (Å²) in [5, 5.41) is 9.78. The molecule has 0 radical (unpaired) electrons. The van der Waals surface area contributed by atoms with Crippen LogP contribution in [-0.2, 0) is 21.7 Å². The number of hydrogen-bond donors (Lipinski definition) is 0. The molecule has 0 spiro atoms. The van der Waals surface area contributed by atoms with Gasteiger partial charge < -0.3 is 13.7 Å². The van der Waals surface area contributed by atoms with E-state index >= 15 is 0 Å². The SMILES string of the molecule is CC(C)(C)c1ccc2c(c1)c1cc(C(C)(C)C)cc3c1n2-c1cc(-n2c4ccccc4c4ccc5c6ccccc6n(-c6nc(-c7ccccc7)nc(-c7ccccc7)n6)c5c42)cc2c1B3c1cc(C(C)(C)C)cc3c4cc(C(C)(C)C)ccc4n-2c13. The molecule has 2 aliphatic rings. The molecule has 0 fully saturated rings. The van der Waals surface area contributed by atoms with E-state index in [1.54, 1.807) is 0 Å². The van der Waals surface area contributed by atoms with Crippen molar-refractivity contribution in [1.29, 1.82) is 0 Å². The third kappa shape index (κ3) is 7.40. The van der Waals surface area contributed by atoms with Crippen LogP contribution in [0.3, 0.4) is 0 Å². The monoisotopic (exact) mass is 1130 g/mol. The van der Waals surface area contributed by atoms with Crippen molar-refractivity contribution < 1.29 is 0 Å². The van der Waals surface area contributed by atoms with Crippen molar-refractivity contribution in [2.45, 2.75) is 105 Å². The van der Waals surface area contributed by atoms with E-state index in [0.717, 1.165) is 55.0 Å². The fourth-order valence-electron chi connectivity index (χ4n) is 14.9. The average Bonchev–Trinajstić information content (AvgIpc) is 1.59. The lowest BCUT2D eigenvalue weighted by Gasteiger charge is -2.36. The lowest BCUT2D eigenvalue weighted by atomic mass is 9.34. The molecule has 0 unspecified atom stereocenters. The summed E-state index contributed by atoms with van der Waals surface area (Å²) in [4.78, 5) is 16.2. The number of aromatic nitrogens is 7. The first-order valence-corrected chi connectivity index (χ1v) is 31.0. The van der Waals surface area contributed by atoms with Crippen LogP contribution in [0, 0.1) is 0 Å². The number of fused-ring (bicyclic) bond motifs is 17. The Bertz CT molecular complexity index is 5250. The van der Waals surface area contributed by atoms with E-state index in [9.17, 15) is 0 Å². The molecule has 10 aromatic carbocycles. The third-order valence-corrected chi connectivity index (χ3v) is 19.4. The Morgan fingerprint density at radius 1 is 0.299 bits per heavy atom. The van der Waals surface area contributed by atoms with Crippen LogP contribution in [-0.4, -0.2) is 39.9 Å². The Labute approximate surface area is 507 Å². The van der Waals surface area contributed by atoms with Crippen molar-refractivity contribution in [2.24, 2.45) is 0 Å². The normalized spacial score (nSPS) is 13.5. The van der Waals surface area contributed by atoms with Gasteiger partial charge >= 0.3 is 0 Å². The van der Waals surface area contributed by atoms with Crippen LogP contribution in [0.15, 0.2) is 194 Å². The summed E-state index contributed by atoms with van der Waals surface area (Å²) < 4.78 is 10.2. The Morgan fingerprint density at radius 3 is 1.14 bits per heavy atom. The Balaban J connectivity index is 1.07. The summed E-state index contributed by atoms with van der Waals surface area (Å²) in [6.45, 7) is 28.3. The number of benzene rings is 10. The molecule has 7 nitrogen and oxygen atoms in total. The maximum absolute atomic E-state index is 5.48. The molecule has 0 saturated carbocycles. The number of para-hydroxylation sites is 2. The van der Waals surface area contributed by atoms with E-state index in [1.165, 1.54) is 99.0 Å². The maximum atomic E-state index is 5.48. The van der Waals surface area contributed by atoms with Gasteiger partial charge in [-0.15, -0.1) is 0 Å². The van der Waals surface area contributed by atoms with Gasteiger partial charge in [0, 0.05) is 76.6 Å². The zero-order chi connectivity index (χ0) is 59.5. The highest BCUT2D eigenvalue weighted by atomic mass is 15.2. The van der Waals surface area contributed by atoms with E-state index < -0.39 is 0 Å². The molecule has 0 bridgehead atoms. The van der Waals surface area contributed by atoms with Crippen molar-refractivity contribution in [3.05, 3.63) is 216 Å². The van der Waals surface area contributed by atoms with Crippen LogP contribution in [0.4, 0.5) is 0 Å². The van der Waals surface area contributed by atoms with Gasteiger partial charge in [0.2, 0.25) is 5.95 Å². The van der Waals surface area contributed by atoms with Crippen LogP contribution in [0.2, 0.25) is 0 Å². The van der Waals surface area contributed by atoms with Crippen molar-refractivity contribution in [3.63, 3.8) is 0 Å². The maximum Gasteiger partial charge on any atom is 0.252 e. The molecule has 0 atom stereocenters. The van der Waals surface area contributed by atoms with Gasteiger partial charge in [0.05, 0.1) is 38.8 Å². The second-order valence-electron chi connectivity index (χ2n) is 29.0. The number of rotatable bonds is 4. The highest BCUT2D eigenvalue weighted by molar-refractivity contribution is 7.00. The highest BCUT2D eigenvalue weighted by Gasteiger charge is 2.43. The van der Waals surface area contributed by atoms with E-state index in [0.29, 0.717) is 17.6 Å². The first-order valence-electron chi connectivity index (χ1n) is 31.0. The lowest BCUT2D eigenvalue weighted by Crippen LogP contribution is -2.59. The fourth-order valence-corrected chi connectivity index (χ4v) is 14.9. The van der Waals surface area contributed by atoms with Crippen molar-refractivity contribution in [1.82, 2.24) is 33.2 Å². The summed E-state index contributed by atoms with van der Waals surface area (Å²) >= 11 is 0. The van der Waals surface area contributed by atoms with Gasteiger partial charge in [0.25, 0.3) is 6.71 Å². The molecule has 87 heavy (non-hydrogen) atoms. The van der Waals surface area contributed by atoms with E-state index in [4.69, 9.17) is 15.0 Å².